The highest BCUT2D eigenvalue weighted by Crippen LogP contribution is 2.35. The van der Waals surface area contributed by atoms with E-state index in [1.807, 2.05) is 0 Å². The van der Waals surface area contributed by atoms with Crippen LogP contribution in [0.25, 0.3) is 11.1 Å². The van der Waals surface area contributed by atoms with E-state index in [9.17, 15) is 14.3 Å². The summed E-state index contributed by atoms with van der Waals surface area (Å²) in [5, 5.41) is 11.0. The van der Waals surface area contributed by atoms with Gasteiger partial charge in [-0.2, -0.15) is 0 Å². The number of aromatic hydroxyl groups is 1. The lowest BCUT2D eigenvalue weighted by Crippen LogP contribution is -2.03. The van der Waals surface area contributed by atoms with E-state index >= 15 is 0 Å². The Labute approximate surface area is 137 Å². The average molecular weight is 327 g/mol. The Morgan fingerprint density at radius 2 is 1.61 bits per heavy atom. The SMILES string of the molecule is O=C(c1ccccc1)c1cc(F)cc(-c2ccc(Cl)cc2)c1O. The van der Waals surface area contributed by atoms with Crippen molar-refractivity contribution in [3.8, 4) is 16.9 Å². The molecular formula is C19H12ClFO2. The maximum absolute atomic E-state index is 14.0. The minimum atomic E-state index is -0.591. The number of hydrogen-bond donors (Lipinski definition) is 1. The van der Waals surface area contributed by atoms with Gasteiger partial charge in [-0.05, 0) is 29.8 Å². The van der Waals surface area contributed by atoms with E-state index in [1.165, 1.54) is 6.07 Å². The van der Waals surface area contributed by atoms with Crippen molar-refractivity contribution in [3.05, 3.63) is 88.7 Å². The number of carbonyl (C=O) groups excluding carboxylic acids is 1. The van der Waals surface area contributed by atoms with Crippen molar-refractivity contribution in [3.63, 3.8) is 0 Å². The summed E-state index contributed by atoms with van der Waals surface area (Å²) in [4.78, 5) is 12.5. The van der Waals surface area contributed by atoms with Crippen molar-refractivity contribution >= 4 is 17.4 Å². The molecule has 0 aliphatic heterocycles. The lowest BCUT2D eigenvalue weighted by Gasteiger charge is -2.10. The topological polar surface area (TPSA) is 37.3 Å². The molecular weight excluding hydrogens is 315 g/mol. The second-order valence-electron chi connectivity index (χ2n) is 5.05. The summed E-state index contributed by atoms with van der Waals surface area (Å²) in [7, 11) is 0. The van der Waals surface area contributed by atoms with Gasteiger partial charge < -0.3 is 5.11 Å². The van der Waals surface area contributed by atoms with Crippen LogP contribution in [0.4, 0.5) is 4.39 Å². The number of ketones is 1. The van der Waals surface area contributed by atoms with Gasteiger partial charge in [0.15, 0.2) is 5.78 Å². The van der Waals surface area contributed by atoms with Gasteiger partial charge in [0.2, 0.25) is 0 Å². The molecule has 0 heterocycles. The fourth-order valence-corrected chi connectivity index (χ4v) is 2.49. The van der Waals surface area contributed by atoms with Gasteiger partial charge >= 0.3 is 0 Å². The van der Waals surface area contributed by atoms with Gasteiger partial charge in [-0.15, -0.1) is 0 Å². The molecule has 0 fully saturated rings. The van der Waals surface area contributed by atoms with Crippen LogP contribution >= 0.6 is 11.6 Å². The summed E-state index contributed by atoms with van der Waals surface area (Å²) in [5.74, 6) is -1.27. The fourth-order valence-electron chi connectivity index (χ4n) is 2.37. The molecule has 0 unspecified atom stereocenters. The van der Waals surface area contributed by atoms with Crippen LogP contribution in [0.1, 0.15) is 15.9 Å². The Morgan fingerprint density at radius 3 is 2.26 bits per heavy atom. The maximum atomic E-state index is 14.0. The van der Waals surface area contributed by atoms with Crippen molar-refractivity contribution in [2.45, 2.75) is 0 Å². The van der Waals surface area contributed by atoms with Crippen LogP contribution in [-0.2, 0) is 0 Å². The minimum absolute atomic E-state index is 0.0684. The summed E-state index contributed by atoms with van der Waals surface area (Å²) in [6.45, 7) is 0. The first kappa shape index (κ1) is 15.3. The monoisotopic (exact) mass is 326 g/mol. The third-order valence-corrected chi connectivity index (χ3v) is 3.76. The molecule has 3 aromatic carbocycles. The Morgan fingerprint density at radius 1 is 0.957 bits per heavy atom. The third kappa shape index (κ3) is 3.10. The van der Waals surface area contributed by atoms with E-state index in [0.29, 0.717) is 16.1 Å². The van der Waals surface area contributed by atoms with E-state index < -0.39 is 11.6 Å². The maximum Gasteiger partial charge on any atom is 0.196 e. The molecule has 23 heavy (non-hydrogen) atoms. The van der Waals surface area contributed by atoms with Gasteiger partial charge in [-0.3, -0.25) is 4.79 Å². The van der Waals surface area contributed by atoms with Crippen LogP contribution in [0.3, 0.4) is 0 Å². The van der Waals surface area contributed by atoms with Crippen molar-refractivity contribution in [1.82, 2.24) is 0 Å². The van der Waals surface area contributed by atoms with Gasteiger partial charge in [0, 0.05) is 16.1 Å². The Hall–Kier alpha value is -2.65. The highest BCUT2D eigenvalue weighted by molar-refractivity contribution is 6.30. The zero-order chi connectivity index (χ0) is 16.4. The van der Waals surface area contributed by atoms with Crippen LogP contribution in [0.2, 0.25) is 5.02 Å². The molecule has 4 heteroatoms. The molecule has 1 N–H and O–H groups in total. The first-order valence-electron chi connectivity index (χ1n) is 6.94. The quantitative estimate of drug-likeness (QED) is 0.681. The normalized spacial score (nSPS) is 10.5. The predicted molar refractivity (Wildman–Crippen MR) is 88.4 cm³/mol. The zero-order valence-electron chi connectivity index (χ0n) is 12.0. The second-order valence-corrected chi connectivity index (χ2v) is 5.49. The second kappa shape index (κ2) is 6.23. The molecule has 0 aliphatic carbocycles. The smallest absolute Gasteiger partial charge is 0.196 e. The summed E-state index contributed by atoms with van der Waals surface area (Å²) in [6.07, 6.45) is 0. The van der Waals surface area contributed by atoms with Crippen molar-refractivity contribution in [1.29, 1.82) is 0 Å². The molecule has 0 atom stereocenters. The zero-order valence-corrected chi connectivity index (χ0v) is 12.7. The lowest BCUT2D eigenvalue weighted by molar-refractivity contribution is 0.103. The number of phenols is 1. The molecule has 0 saturated heterocycles. The van der Waals surface area contributed by atoms with Gasteiger partial charge in [-0.25, -0.2) is 4.39 Å². The highest BCUT2D eigenvalue weighted by atomic mass is 35.5. The van der Waals surface area contributed by atoms with Crippen LogP contribution in [-0.4, -0.2) is 10.9 Å². The van der Waals surface area contributed by atoms with E-state index in [2.05, 4.69) is 0 Å². The third-order valence-electron chi connectivity index (χ3n) is 3.51. The molecule has 0 saturated carbocycles. The van der Waals surface area contributed by atoms with E-state index in [-0.39, 0.29) is 16.9 Å². The standard InChI is InChI=1S/C19H12ClFO2/c20-14-8-6-12(7-9-14)16-10-15(21)11-17(19(16)23)18(22)13-4-2-1-3-5-13/h1-11,23H. The summed E-state index contributed by atoms with van der Waals surface area (Å²) < 4.78 is 14.0. The van der Waals surface area contributed by atoms with Crippen LogP contribution in [0, 0.1) is 5.82 Å². The molecule has 3 aromatic rings. The van der Waals surface area contributed by atoms with Gasteiger partial charge in [0.1, 0.15) is 11.6 Å². The van der Waals surface area contributed by atoms with Crippen LogP contribution < -0.4 is 0 Å². The largest absolute Gasteiger partial charge is 0.507 e. The molecule has 0 bridgehead atoms. The Balaban J connectivity index is 2.13. The molecule has 0 aromatic heterocycles. The number of benzene rings is 3. The van der Waals surface area contributed by atoms with E-state index in [1.54, 1.807) is 54.6 Å². The number of halogens is 2. The lowest BCUT2D eigenvalue weighted by atomic mass is 9.96. The summed E-state index contributed by atoms with van der Waals surface area (Å²) in [5.41, 5.74) is 1.14. The molecule has 0 radical (unpaired) electrons. The van der Waals surface area contributed by atoms with Crippen molar-refractivity contribution in [2.24, 2.45) is 0 Å². The Kier molecular flexibility index (Phi) is 4.13. The summed E-state index contributed by atoms with van der Waals surface area (Å²) >= 11 is 5.84. The molecule has 114 valence electrons. The summed E-state index contributed by atoms with van der Waals surface area (Å²) in [6, 6.07) is 17.3. The van der Waals surface area contributed by atoms with Gasteiger partial charge in [0.05, 0.1) is 5.56 Å². The van der Waals surface area contributed by atoms with E-state index in [0.717, 1.165) is 6.07 Å². The minimum Gasteiger partial charge on any atom is -0.507 e. The number of phenolic OH excluding ortho intramolecular Hbond substituents is 1. The molecule has 0 spiro atoms. The number of rotatable bonds is 3. The van der Waals surface area contributed by atoms with Gasteiger partial charge in [-0.1, -0.05) is 54.1 Å². The fraction of sp³-hybridized carbons (Fsp3) is 0. The molecule has 3 rings (SSSR count). The number of carbonyl (C=O) groups is 1. The molecule has 0 aliphatic rings. The van der Waals surface area contributed by atoms with Gasteiger partial charge in [0.25, 0.3) is 0 Å². The van der Waals surface area contributed by atoms with Crippen molar-refractivity contribution in [2.75, 3.05) is 0 Å². The Bertz CT molecular complexity index is 859. The van der Waals surface area contributed by atoms with E-state index in [4.69, 9.17) is 11.6 Å². The number of hydrogen-bond acceptors (Lipinski definition) is 2. The predicted octanol–water partition coefficient (Wildman–Crippen LogP) is 5.08. The van der Waals surface area contributed by atoms with Crippen molar-refractivity contribution < 1.29 is 14.3 Å². The first-order valence-corrected chi connectivity index (χ1v) is 7.32. The van der Waals surface area contributed by atoms with Crippen LogP contribution in [0.5, 0.6) is 5.75 Å². The first-order chi connectivity index (χ1) is 11.1. The highest BCUT2D eigenvalue weighted by Gasteiger charge is 2.19. The molecule has 2 nitrogen and oxygen atoms in total. The van der Waals surface area contributed by atoms with Crippen LogP contribution in [0.15, 0.2) is 66.7 Å². The molecule has 0 amide bonds. The average Bonchev–Trinajstić information content (AvgIpc) is 2.57.